The van der Waals surface area contributed by atoms with Crippen LogP contribution in [0.25, 0.3) is 10.2 Å². The lowest BCUT2D eigenvalue weighted by Gasteiger charge is -2.19. The Hall–Kier alpha value is -3.30. The number of hydrogen-bond donors (Lipinski definition) is 0. The average molecular weight is 496 g/mol. The molecule has 2 aromatic heterocycles. The summed E-state index contributed by atoms with van der Waals surface area (Å²) in [5, 5.41) is 0.586. The first-order chi connectivity index (χ1) is 16.6. The van der Waals surface area contributed by atoms with Crippen molar-refractivity contribution in [3.8, 4) is 17.2 Å². The molecule has 34 heavy (non-hydrogen) atoms. The summed E-state index contributed by atoms with van der Waals surface area (Å²) in [4.78, 5) is 25.3. The predicted octanol–water partition coefficient (Wildman–Crippen LogP) is 5.43. The van der Waals surface area contributed by atoms with Gasteiger partial charge in [0.05, 0.1) is 33.6 Å². The molecule has 0 saturated carbocycles. The van der Waals surface area contributed by atoms with Crippen LogP contribution in [0.3, 0.4) is 0 Å². The molecule has 4 aromatic rings. The highest BCUT2D eigenvalue weighted by Crippen LogP contribution is 2.40. The molecule has 2 aromatic carbocycles. The number of thiazole rings is 1. The minimum atomic E-state index is -0.0244. The van der Waals surface area contributed by atoms with Gasteiger partial charge in [-0.2, -0.15) is 0 Å². The van der Waals surface area contributed by atoms with E-state index < -0.39 is 0 Å². The van der Waals surface area contributed by atoms with Gasteiger partial charge in [0.2, 0.25) is 5.91 Å². The van der Waals surface area contributed by atoms with Crippen LogP contribution in [0.15, 0.2) is 65.7 Å². The third-order valence-electron chi connectivity index (χ3n) is 5.12. The van der Waals surface area contributed by atoms with Crippen LogP contribution in [0.4, 0.5) is 5.13 Å². The third kappa shape index (κ3) is 5.43. The van der Waals surface area contributed by atoms with Crippen molar-refractivity contribution in [3.05, 3.63) is 66.5 Å². The average Bonchev–Trinajstić information content (AvgIpc) is 3.33. The minimum Gasteiger partial charge on any atom is -0.497 e. The van der Waals surface area contributed by atoms with Crippen molar-refractivity contribution in [3.63, 3.8) is 0 Å². The number of pyridine rings is 1. The van der Waals surface area contributed by atoms with Gasteiger partial charge in [0.15, 0.2) is 5.13 Å². The normalized spacial score (nSPS) is 10.8. The molecule has 4 rings (SSSR count). The van der Waals surface area contributed by atoms with Crippen LogP contribution < -0.4 is 19.1 Å². The zero-order valence-electron chi connectivity index (χ0n) is 19.2. The topological polar surface area (TPSA) is 73.8 Å². The highest BCUT2D eigenvalue weighted by Gasteiger charge is 2.23. The van der Waals surface area contributed by atoms with Gasteiger partial charge >= 0.3 is 0 Å². The number of fused-ring (bicyclic) bond motifs is 1. The second-order valence-corrected chi connectivity index (χ2v) is 9.37. The summed E-state index contributed by atoms with van der Waals surface area (Å²) < 4.78 is 17.0. The van der Waals surface area contributed by atoms with Gasteiger partial charge in [0.1, 0.15) is 27.5 Å². The van der Waals surface area contributed by atoms with E-state index in [1.54, 1.807) is 44.2 Å². The number of amides is 1. The highest BCUT2D eigenvalue weighted by atomic mass is 32.2. The number of thioether (sulfide) groups is 1. The van der Waals surface area contributed by atoms with E-state index in [9.17, 15) is 4.79 Å². The van der Waals surface area contributed by atoms with Crippen molar-refractivity contribution in [2.24, 2.45) is 0 Å². The van der Waals surface area contributed by atoms with Gasteiger partial charge in [-0.25, -0.2) is 4.98 Å². The first-order valence-electron chi connectivity index (χ1n) is 10.6. The number of aromatic nitrogens is 2. The number of carbonyl (C=O) groups excluding carboxylic acids is 1. The molecular weight excluding hydrogens is 470 g/mol. The molecule has 0 spiro atoms. The molecule has 176 valence electrons. The summed E-state index contributed by atoms with van der Waals surface area (Å²) in [6.07, 6.45) is 2.08. The molecule has 1 amide bonds. The van der Waals surface area contributed by atoms with Crippen molar-refractivity contribution in [1.82, 2.24) is 9.97 Å². The van der Waals surface area contributed by atoms with Crippen molar-refractivity contribution in [1.29, 1.82) is 0 Å². The van der Waals surface area contributed by atoms with E-state index in [1.165, 1.54) is 11.3 Å². The number of anilines is 1. The maximum atomic E-state index is 13.4. The number of benzene rings is 2. The Morgan fingerprint density at radius 3 is 2.41 bits per heavy atom. The number of nitrogens with zero attached hydrogens (tertiary/aromatic N) is 3. The lowest BCUT2D eigenvalue weighted by Crippen LogP contribution is -2.30. The van der Waals surface area contributed by atoms with Crippen LogP contribution >= 0.6 is 23.1 Å². The fourth-order valence-corrected chi connectivity index (χ4v) is 5.30. The Morgan fingerprint density at radius 2 is 1.74 bits per heavy atom. The minimum absolute atomic E-state index is 0.0244. The lowest BCUT2D eigenvalue weighted by molar-refractivity contribution is -0.118. The molecule has 9 heteroatoms. The van der Waals surface area contributed by atoms with E-state index in [4.69, 9.17) is 19.2 Å². The van der Waals surface area contributed by atoms with E-state index in [0.29, 0.717) is 40.9 Å². The van der Waals surface area contributed by atoms with Crippen molar-refractivity contribution in [2.45, 2.75) is 17.9 Å². The maximum Gasteiger partial charge on any atom is 0.229 e. The summed E-state index contributed by atoms with van der Waals surface area (Å²) in [5.41, 5.74) is 1.46. The van der Waals surface area contributed by atoms with Gasteiger partial charge in [-0.15, -0.1) is 11.8 Å². The van der Waals surface area contributed by atoms with E-state index in [-0.39, 0.29) is 5.91 Å². The van der Waals surface area contributed by atoms with Crippen LogP contribution in [0.1, 0.15) is 12.1 Å². The van der Waals surface area contributed by atoms with Crippen LogP contribution in [-0.2, 0) is 11.3 Å². The lowest BCUT2D eigenvalue weighted by atomic mass is 10.3. The smallest absolute Gasteiger partial charge is 0.229 e. The SMILES string of the molecule is COc1ccc(SCCC(=O)N(Cc2ccccn2)c2nc3c(OC)ccc(OC)c3s2)cc1. The molecule has 0 N–H and O–H groups in total. The molecule has 0 aliphatic carbocycles. The molecular formula is C25H25N3O4S2. The quantitative estimate of drug-likeness (QED) is 0.272. The summed E-state index contributed by atoms with van der Waals surface area (Å²) in [6, 6.07) is 17.2. The van der Waals surface area contributed by atoms with Crippen LogP contribution in [-0.4, -0.2) is 43.0 Å². The van der Waals surface area contributed by atoms with E-state index >= 15 is 0 Å². The van der Waals surface area contributed by atoms with Gasteiger partial charge in [0, 0.05) is 23.3 Å². The summed E-state index contributed by atoms with van der Waals surface area (Å²) in [6.45, 7) is 0.331. The number of methoxy groups -OCH3 is 3. The number of hydrogen-bond acceptors (Lipinski definition) is 8. The standard InChI is InChI=1S/C25H25N3O4S2/c1-30-18-7-9-19(10-8-18)33-15-13-22(29)28(16-17-6-4-5-14-26-17)25-27-23-20(31-2)11-12-21(32-3)24(23)34-25/h4-12,14H,13,15-16H2,1-3H3. The second kappa shape index (κ2) is 11.2. The van der Waals surface area contributed by atoms with Gasteiger partial charge in [-0.05, 0) is 48.5 Å². The fourth-order valence-electron chi connectivity index (χ4n) is 3.37. The molecule has 0 atom stereocenters. The number of carbonyl (C=O) groups is 1. The summed E-state index contributed by atoms with van der Waals surface area (Å²) in [5.74, 6) is 2.76. The van der Waals surface area contributed by atoms with Crippen LogP contribution in [0.2, 0.25) is 0 Å². The van der Waals surface area contributed by atoms with Gasteiger partial charge in [-0.1, -0.05) is 17.4 Å². The van der Waals surface area contributed by atoms with Crippen molar-refractivity contribution in [2.75, 3.05) is 32.0 Å². The molecule has 7 nitrogen and oxygen atoms in total. The molecule has 0 radical (unpaired) electrons. The molecule has 0 aliphatic rings. The molecule has 2 heterocycles. The summed E-state index contributed by atoms with van der Waals surface area (Å²) >= 11 is 3.04. The van der Waals surface area contributed by atoms with E-state index in [1.807, 2.05) is 54.6 Å². The highest BCUT2D eigenvalue weighted by molar-refractivity contribution is 7.99. The fraction of sp³-hybridized carbons (Fsp3) is 0.240. The zero-order chi connectivity index (χ0) is 23.9. The Kier molecular flexibility index (Phi) is 7.87. The van der Waals surface area contributed by atoms with Gasteiger partial charge < -0.3 is 14.2 Å². The Labute approximate surface area is 206 Å². The monoisotopic (exact) mass is 495 g/mol. The first kappa shape index (κ1) is 23.8. The number of rotatable bonds is 10. The van der Waals surface area contributed by atoms with Crippen LogP contribution in [0, 0.1) is 0 Å². The van der Waals surface area contributed by atoms with Crippen molar-refractivity contribution >= 4 is 44.4 Å². The van der Waals surface area contributed by atoms with Gasteiger partial charge in [-0.3, -0.25) is 14.7 Å². The zero-order valence-corrected chi connectivity index (χ0v) is 20.8. The largest absolute Gasteiger partial charge is 0.497 e. The predicted molar refractivity (Wildman–Crippen MR) is 136 cm³/mol. The van der Waals surface area contributed by atoms with E-state index in [2.05, 4.69) is 4.98 Å². The third-order valence-corrected chi connectivity index (χ3v) is 7.23. The number of ether oxygens (including phenoxy) is 3. The molecule has 0 aliphatic heterocycles. The Balaban J connectivity index is 1.58. The molecule has 0 saturated heterocycles. The van der Waals surface area contributed by atoms with Crippen molar-refractivity contribution < 1.29 is 19.0 Å². The van der Waals surface area contributed by atoms with Crippen LogP contribution in [0.5, 0.6) is 17.2 Å². The Bertz CT molecular complexity index is 1210. The second-order valence-electron chi connectivity index (χ2n) is 7.22. The maximum absolute atomic E-state index is 13.4. The summed E-state index contributed by atoms with van der Waals surface area (Å²) in [7, 11) is 4.87. The first-order valence-corrected chi connectivity index (χ1v) is 12.4. The Morgan fingerprint density at radius 1 is 0.971 bits per heavy atom. The van der Waals surface area contributed by atoms with Gasteiger partial charge in [0.25, 0.3) is 0 Å². The molecule has 0 unspecified atom stereocenters. The van der Waals surface area contributed by atoms with E-state index in [0.717, 1.165) is 21.0 Å². The molecule has 0 bridgehead atoms. The molecule has 0 fully saturated rings.